The van der Waals surface area contributed by atoms with Gasteiger partial charge in [-0.1, -0.05) is 32.6 Å². The van der Waals surface area contributed by atoms with Gasteiger partial charge in [0.25, 0.3) is 0 Å². The molecule has 4 atom stereocenters. The van der Waals surface area contributed by atoms with Gasteiger partial charge in [-0.15, -0.1) is 0 Å². The summed E-state index contributed by atoms with van der Waals surface area (Å²) in [5.74, 6) is -0.959. The van der Waals surface area contributed by atoms with Crippen LogP contribution in [0.4, 0.5) is 0 Å². The molecule has 1 fully saturated rings. The molecule has 0 spiro atoms. The van der Waals surface area contributed by atoms with E-state index < -0.39 is 12.1 Å². The minimum Gasteiger partial charge on any atom is -0.480 e. The van der Waals surface area contributed by atoms with Crippen LogP contribution in [0.2, 0.25) is 0 Å². The fourth-order valence-electron chi connectivity index (χ4n) is 3.69. The van der Waals surface area contributed by atoms with Crippen molar-refractivity contribution in [2.45, 2.75) is 83.3 Å². The maximum Gasteiger partial charge on any atom is 0.329 e. The first-order valence-corrected chi connectivity index (χ1v) is 9.64. The molecule has 1 saturated carbocycles. The van der Waals surface area contributed by atoms with Crippen molar-refractivity contribution < 1.29 is 29.6 Å². The third-order valence-electron chi connectivity index (χ3n) is 5.08. The van der Waals surface area contributed by atoms with E-state index in [1.165, 1.54) is 0 Å². The lowest BCUT2D eigenvalue weighted by molar-refractivity contribution is -0.142. The molecule has 0 amide bonds. The topological polar surface area (TPSA) is 104 Å². The zero-order valence-corrected chi connectivity index (χ0v) is 15.4. The summed E-state index contributed by atoms with van der Waals surface area (Å²) in [6.45, 7) is 2.19. The maximum atomic E-state index is 12.1. The number of hydrogen-bond donors (Lipinski definition) is 3. The van der Waals surface area contributed by atoms with Crippen LogP contribution in [0.1, 0.15) is 71.1 Å². The predicted octanol–water partition coefficient (Wildman–Crippen LogP) is 2.55. The molecule has 0 radical (unpaired) electrons. The first kappa shape index (κ1) is 22.1. The Morgan fingerprint density at radius 3 is 2.60 bits per heavy atom. The van der Waals surface area contributed by atoms with E-state index in [0.29, 0.717) is 6.61 Å². The zero-order valence-electron chi connectivity index (χ0n) is 15.4. The van der Waals surface area contributed by atoms with Crippen molar-refractivity contribution in [1.29, 1.82) is 0 Å². The Morgan fingerprint density at radius 2 is 1.92 bits per heavy atom. The number of aliphatic carboxylic acids is 1. The van der Waals surface area contributed by atoms with Crippen LogP contribution in [0.5, 0.6) is 0 Å². The molecule has 1 rings (SSSR count). The van der Waals surface area contributed by atoms with Crippen molar-refractivity contribution in [3.63, 3.8) is 0 Å². The Morgan fingerprint density at radius 1 is 1.20 bits per heavy atom. The maximum absolute atomic E-state index is 12.1. The number of ketones is 1. The van der Waals surface area contributed by atoms with E-state index in [2.05, 4.69) is 6.92 Å². The molecule has 0 aromatic carbocycles. The van der Waals surface area contributed by atoms with Gasteiger partial charge in [0.1, 0.15) is 12.4 Å². The largest absolute Gasteiger partial charge is 0.480 e. The summed E-state index contributed by atoms with van der Waals surface area (Å²) in [7, 11) is 0. The van der Waals surface area contributed by atoms with Crippen LogP contribution in [0.15, 0.2) is 0 Å². The molecule has 6 nitrogen and oxygen atoms in total. The number of hydrogen-bond acceptors (Lipinski definition) is 5. The molecular formula is C19H34O6. The quantitative estimate of drug-likeness (QED) is 0.412. The van der Waals surface area contributed by atoms with E-state index in [0.717, 1.165) is 57.8 Å². The Balaban J connectivity index is 2.27. The molecular weight excluding hydrogens is 324 g/mol. The highest BCUT2D eigenvalue weighted by Crippen LogP contribution is 2.36. The second-order valence-corrected chi connectivity index (χ2v) is 7.18. The van der Waals surface area contributed by atoms with Gasteiger partial charge in [0.15, 0.2) is 0 Å². The molecule has 0 bridgehead atoms. The summed E-state index contributed by atoms with van der Waals surface area (Å²) >= 11 is 0. The van der Waals surface area contributed by atoms with Crippen LogP contribution in [0.3, 0.4) is 0 Å². The second kappa shape index (κ2) is 12.4. The molecule has 0 saturated heterocycles. The molecule has 6 heteroatoms. The third kappa shape index (κ3) is 8.79. The summed E-state index contributed by atoms with van der Waals surface area (Å²) in [4.78, 5) is 22.5. The average molecular weight is 358 g/mol. The highest BCUT2D eigenvalue weighted by atomic mass is 16.5. The van der Waals surface area contributed by atoms with E-state index >= 15 is 0 Å². The summed E-state index contributed by atoms with van der Waals surface area (Å²) < 4.78 is 5.00. The fourth-order valence-corrected chi connectivity index (χ4v) is 3.69. The normalized spacial score (nSPS) is 24.6. The standard InChI is InChI=1S/C19H34O6/c1-2-3-7-14(20)8-6-10-16-15(17(21)12-18(16)22)9-4-5-11-25-13-19(23)24/h14-16,18,20,22H,2-13H2,1H3,(H,23,24)/t14?,15-,16-,18-/m1/s1. The van der Waals surface area contributed by atoms with Crippen LogP contribution < -0.4 is 0 Å². The Hall–Kier alpha value is -0.980. The lowest BCUT2D eigenvalue weighted by Gasteiger charge is -2.21. The molecule has 3 N–H and O–H groups in total. The number of aliphatic hydroxyl groups excluding tert-OH is 2. The molecule has 0 heterocycles. The Kier molecular flexibility index (Phi) is 10.9. The first-order chi connectivity index (χ1) is 12.0. The van der Waals surface area contributed by atoms with E-state index in [-0.39, 0.29) is 36.8 Å². The number of carbonyl (C=O) groups is 2. The first-order valence-electron chi connectivity index (χ1n) is 9.64. The van der Waals surface area contributed by atoms with Gasteiger partial charge >= 0.3 is 5.97 Å². The summed E-state index contributed by atoms with van der Waals surface area (Å²) in [6, 6.07) is 0. The summed E-state index contributed by atoms with van der Waals surface area (Å²) in [6.07, 6.45) is 6.88. The molecule has 0 aromatic heterocycles. The van der Waals surface area contributed by atoms with Crippen molar-refractivity contribution in [1.82, 2.24) is 0 Å². The number of carboxylic acids is 1. The van der Waals surface area contributed by atoms with E-state index in [9.17, 15) is 19.8 Å². The predicted molar refractivity (Wildman–Crippen MR) is 94.3 cm³/mol. The van der Waals surface area contributed by atoms with Crippen LogP contribution in [-0.4, -0.2) is 52.5 Å². The van der Waals surface area contributed by atoms with Crippen molar-refractivity contribution in [3.05, 3.63) is 0 Å². The van der Waals surface area contributed by atoms with Gasteiger partial charge in [-0.3, -0.25) is 4.79 Å². The zero-order chi connectivity index (χ0) is 18.7. The number of carbonyl (C=O) groups excluding carboxylic acids is 1. The van der Waals surface area contributed by atoms with Crippen molar-refractivity contribution >= 4 is 11.8 Å². The highest BCUT2D eigenvalue weighted by Gasteiger charge is 2.40. The average Bonchev–Trinajstić information content (AvgIpc) is 2.82. The Labute approximate surface area is 150 Å². The number of aliphatic hydroxyl groups is 2. The monoisotopic (exact) mass is 358 g/mol. The highest BCUT2D eigenvalue weighted by molar-refractivity contribution is 5.84. The molecule has 1 aliphatic carbocycles. The molecule has 0 aliphatic heterocycles. The number of carboxylic acid groups (broad SMARTS) is 1. The summed E-state index contributed by atoms with van der Waals surface area (Å²) in [5.41, 5.74) is 0. The number of ether oxygens (including phenoxy) is 1. The second-order valence-electron chi connectivity index (χ2n) is 7.18. The SMILES string of the molecule is CCCCC(O)CCC[C@H]1[C@H](O)CC(=O)[C@@H]1CCCCOCC(=O)O. The van der Waals surface area contributed by atoms with E-state index in [4.69, 9.17) is 9.84 Å². The van der Waals surface area contributed by atoms with Crippen LogP contribution in [0.25, 0.3) is 0 Å². The Bertz CT molecular complexity index is 397. The van der Waals surface area contributed by atoms with Crippen molar-refractivity contribution in [2.24, 2.45) is 11.8 Å². The van der Waals surface area contributed by atoms with Gasteiger partial charge in [0.05, 0.1) is 12.2 Å². The molecule has 1 aliphatic rings. The summed E-state index contributed by atoms with van der Waals surface area (Å²) in [5, 5.41) is 28.6. The van der Waals surface area contributed by atoms with Gasteiger partial charge in [-0.05, 0) is 38.0 Å². The van der Waals surface area contributed by atoms with Gasteiger partial charge in [0.2, 0.25) is 0 Å². The minimum atomic E-state index is -0.977. The van der Waals surface area contributed by atoms with Gasteiger partial charge < -0.3 is 20.1 Å². The molecule has 0 aromatic rings. The van der Waals surface area contributed by atoms with Gasteiger partial charge in [0, 0.05) is 18.9 Å². The minimum absolute atomic E-state index is 0.00851. The van der Waals surface area contributed by atoms with Gasteiger partial charge in [-0.2, -0.15) is 0 Å². The molecule has 25 heavy (non-hydrogen) atoms. The van der Waals surface area contributed by atoms with Crippen LogP contribution in [-0.2, 0) is 14.3 Å². The molecule has 1 unspecified atom stereocenters. The van der Waals surface area contributed by atoms with Crippen LogP contribution >= 0.6 is 0 Å². The van der Waals surface area contributed by atoms with Crippen molar-refractivity contribution in [2.75, 3.05) is 13.2 Å². The smallest absolute Gasteiger partial charge is 0.329 e. The number of rotatable bonds is 14. The van der Waals surface area contributed by atoms with Crippen LogP contribution in [0, 0.1) is 11.8 Å². The third-order valence-corrected chi connectivity index (χ3v) is 5.08. The van der Waals surface area contributed by atoms with Gasteiger partial charge in [-0.25, -0.2) is 4.79 Å². The molecule has 146 valence electrons. The van der Waals surface area contributed by atoms with Crippen molar-refractivity contribution in [3.8, 4) is 0 Å². The lowest BCUT2D eigenvalue weighted by Crippen LogP contribution is -2.21. The fraction of sp³-hybridized carbons (Fsp3) is 0.895. The number of unbranched alkanes of at least 4 members (excludes halogenated alkanes) is 2. The lowest BCUT2D eigenvalue weighted by atomic mass is 9.85. The van der Waals surface area contributed by atoms with E-state index in [1.54, 1.807) is 0 Å². The van der Waals surface area contributed by atoms with E-state index in [1.807, 2.05) is 0 Å². The number of Topliss-reactive ketones (excluding diaryl/α,β-unsaturated/α-hetero) is 1.